The fourth-order valence-corrected chi connectivity index (χ4v) is 1.09. The number of nitrogens with one attached hydrogen (secondary N) is 2. The molecule has 0 bridgehead atoms. The first kappa shape index (κ1) is 15.6. The number of carbonyl (C=O) groups excluding carboxylic acids is 3. The summed E-state index contributed by atoms with van der Waals surface area (Å²) in [6.45, 7) is -0.524. The predicted molar refractivity (Wildman–Crippen MR) is 69.4 cm³/mol. The number of hydrogen-bond acceptors (Lipinski definition) is 5. The van der Waals surface area contributed by atoms with E-state index >= 15 is 0 Å². The van der Waals surface area contributed by atoms with E-state index in [9.17, 15) is 14.4 Å². The van der Waals surface area contributed by atoms with Crippen LogP contribution in [0.5, 0.6) is 0 Å². The molecule has 0 spiro atoms. The van der Waals surface area contributed by atoms with Gasteiger partial charge in [-0.1, -0.05) is 0 Å². The molecule has 3 amide bonds. The maximum absolute atomic E-state index is 11.6. The molecule has 0 fully saturated rings. The lowest BCUT2D eigenvalue weighted by Crippen LogP contribution is -2.43. The molecule has 0 saturated heterocycles. The van der Waals surface area contributed by atoms with Crippen LogP contribution in [0.15, 0.2) is 24.5 Å². The van der Waals surface area contributed by atoms with Gasteiger partial charge in [-0.15, -0.1) is 0 Å². The molecular weight excluding hydrogens is 264 g/mol. The van der Waals surface area contributed by atoms with Crippen molar-refractivity contribution in [1.82, 2.24) is 20.7 Å². The number of pyridine rings is 1. The van der Waals surface area contributed by atoms with Crippen LogP contribution in [0.4, 0.5) is 0 Å². The molecule has 20 heavy (non-hydrogen) atoms. The van der Waals surface area contributed by atoms with Gasteiger partial charge >= 0.3 is 0 Å². The number of amides is 3. The SMILES string of the molecule is CN(C)C(=O)COCC(=O)NNC(=O)c1cccnc1. The van der Waals surface area contributed by atoms with Gasteiger partial charge in [0.15, 0.2) is 0 Å². The number of ether oxygens (including phenoxy) is 1. The second kappa shape index (κ2) is 7.85. The Morgan fingerprint density at radius 2 is 2.00 bits per heavy atom. The lowest BCUT2D eigenvalue weighted by molar-refractivity contribution is -0.136. The zero-order valence-corrected chi connectivity index (χ0v) is 11.3. The maximum Gasteiger partial charge on any atom is 0.271 e. The normalized spacial score (nSPS) is 9.70. The van der Waals surface area contributed by atoms with Crippen molar-refractivity contribution in [3.63, 3.8) is 0 Å². The van der Waals surface area contributed by atoms with E-state index < -0.39 is 11.8 Å². The molecule has 1 rings (SSSR count). The van der Waals surface area contributed by atoms with Crippen molar-refractivity contribution in [1.29, 1.82) is 0 Å². The molecule has 0 saturated carbocycles. The minimum atomic E-state index is -0.561. The average molecular weight is 280 g/mol. The third-order valence-electron chi connectivity index (χ3n) is 2.20. The van der Waals surface area contributed by atoms with Gasteiger partial charge in [0.1, 0.15) is 13.2 Å². The van der Waals surface area contributed by atoms with E-state index in [0.29, 0.717) is 5.56 Å². The van der Waals surface area contributed by atoms with Crippen molar-refractivity contribution >= 4 is 17.7 Å². The van der Waals surface area contributed by atoms with Gasteiger partial charge in [-0.05, 0) is 12.1 Å². The third-order valence-corrected chi connectivity index (χ3v) is 2.20. The van der Waals surface area contributed by atoms with Crippen LogP contribution < -0.4 is 10.9 Å². The van der Waals surface area contributed by atoms with Crippen LogP contribution in [0, 0.1) is 0 Å². The quantitative estimate of drug-likeness (QED) is 0.670. The van der Waals surface area contributed by atoms with Crippen LogP contribution in [0.3, 0.4) is 0 Å². The van der Waals surface area contributed by atoms with Gasteiger partial charge in [0, 0.05) is 26.5 Å². The summed E-state index contributed by atoms with van der Waals surface area (Å²) in [5, 5.41) is 0. The summed E-state index contributed by atoms with van der Waals surface area (Å²) in [6.07, 6.45) is 2.90. The van der Waals surface area contributed by atoms with E-state index in [1.165, 1.54) is 17.3 Å². The van der Waals surface area contributed by atoms with Crippen molar-refractivity contribution in [3.8, 4) is 0 Å². The zero-order valence-electron chi connectivity index (χ0n) is 11.3. The first-order valence-electron chi connectivity index (χ1n) is 5.78. The summed E-state index contributed by atoms with van der Waals surface area (Å²) in [5.74, 6) is -1.30. The van der Waals surface area contributed by atoms with E-state index in [4.69, 9.17) is 4.74 Å². The molecule has 0 aromatic carbocycles. The largest absolute Gasteiger partial charge is 0.362 e. The van der Waals surface area contributed by atoms with Gasteiger partial charge in [0.2, 0.25) is 5.91 Å². The number of likely N-dealkylation sites (N-methyl/N-ethyl adjacent to an activating group) is 1. The van der Waals surface area contributed by atoms with E-state index in [0.717, 1.165) is 0 Å². The Morgan fingerprint density at radius 3 is 2.60 bits per heavy atom. The number of rotatable bonds is 5. The summed E-state index contributed by atoms with van der Waals surface area (Å²) in [5.41, 5.74) is 4.69. The summed E-state index contributed by atoms with van der Waals surface area (Å²) in [4.78, 5) is 39.2. The Morgan fingerprint density at radius 1 is 1.25 bits per heavy atom. The van der Waals surface area contributed by atoms with E-state index in [-0.39, 0.29) is 19.1 Å². The Balaban J connectivity index is 2.24. The van der Waals surface area contributed by atoms with Crippen molar-refractivity contribution in [2.45, 2.75) is 0 Å². The Hall–Kier alpha value is -2.48. The molecule has 8 heteroatoms. The highest BCUT2D eigenvalue weighted by Gasteiger charge is 2.09. The molecule has 1 aromatic heterocycles. The molecule has 0 aliphatic rings. The average Bonchev–Trinajstić information content (AvgIpc) is 2.45. The van der Waals surface area contributed by atoms with E-state index in [2.05, 4.69) is 15.8 Å². The first-order chi connectivity index (χ1) is 9.50. The first-order valence-corrected chi connectivity index (χ1v) is 5.78. The van der Waals surface area contributed by atoms with Gasteiger partial charge < -0.3 is 9.64 Å². The molecular formula is C12H16N4O4. The zero-order chi connectivity index (χ0) is 15.0. The second-order valence-corrected chi connectivity index (χ2v) is 4.02. The van der Waals surface area contributed by atoms with Crippen molar-refractivity contribution in [2.75, 3.05) is 27.3 Å². The van der Waals surface area contributed by atoms with Crippen LogP contribution in [0.25, 0.3) is 0 Å². The van der Waals surface area contributed by atoms with Crippen LogP contribution in [0.2, 0.25) is 0 Å². The van der Waals surface area contributed by atoms with Crippen LogP contribution >= 0.6 is 0 Å². The number of hydrazine groups is 1. The maximum atomic E-state index is 11.6. The number of nitrogens with zero attached hydrogens (tertiary/aromatic N) is 2. The highest BCUT2D eigenvalue weighted by atomic mass is 16.5. The fourth-order valence-electron chi connectivity index (χ4n) is 1.09. The topological polar surface area (TPSA) is 101 Å². The lowest BCUT2D eigenvalue weighted by atomic mass is 10.3. The molecule has 0 radical (unpaired) electrons. The fraction of sp³-hybridized carbons (Fsp3) is 0.333. The highest BCUT2D eigenvalue weighted by molar-refractivity contribution is 5.95. The predicted octanol–water partition coefficient (Wildman–Crippen LogP) is -1.05. The molecule has 8 nitrogen and oxygen atoms in total. The summed E-state index contributed by atoms with van der Waals surface area (Å²) in [6, 6.07) is 3.16. The molecule has 1 heterocycles. The molecule has 0 atom stereocenters. The Labute approximate surface area is 116 Å². The van der Waals surface area contributed by atoms with Crippen molar-refractivity contribution in [2.24, 2.45) is 0 Å². The van der Waals surface area contributed by atoms with Crippen molar-refractivity contribution in [3.05, 3.63) is 30.1 Å². The molecule has 0 aliphatic heterocycles. The van der Waals surface area contributed by atoms with Crippen molar-refractivity contribution < 1.29 is 19.1 Å². The summed E-state index contributed by atoms with van der Waals surface area (Å²) >= 11 is 0. The molecule has 1 aromatic rings. The Bertz CT molecular complexity index is 476. The Kier molecular flexibility index (Phi) is 6.11. The standard InChI is InChI=1S/C12H16N4O4/c1-16(2)11(18)8-20-7-10(17)14-15-12(19)9-4-3-5-13-6-9/h3-6H,7-8H2,1-2H3,(H,14,17)(H,15,19). The van der Waals surface area contributed by atoms with Gasteiger partial charge in [-0.25, -0.2) is 0 Å². The van der Waals surface area contributed by atoms with Crippen LogP contribution in [-0.4, -0.2) is 54.9 Å². The number of hydrogen-bond donors (Lipinski definition) is 2. The smallest absolute Gasteiger partial charge is 0.271 e. The number of carbonyl (C=O) groups is 3. The van der Waals surface area contributed by atoms with Gasteiger partial charge in [0.25, 0.3) is 11.8 Å². The second-order valence-electron chi connectivity index (χ2n) is 4.02. The van der Waals surface area contributed by atoms with Crippen LogP contribution in [-0.2, 0) is 14.3 Å². The minimum Gasteiger partial charge on any atom is -0.362 e. The molecule has 2 N–H and O–H groups in total. The lowest BCUT2D eigenvalue weighted by Gasteiger charge is -2.10. The van der Waals surface area contributed by atoms with E-state index in [1.54, 1.807) is 26.2 Å². The minimum absolute atomic E-state index is 0.197. The molecule has 108 valence electrons. The third kappa shape index (κ3) is 5.44. The van der Waals surface area contributed by atoms with Gasteiger partial charge in [-0.2, -0.15) is 0 Å². The molecule has 0 unspecified atom stereocenters. The summed E-state index contributed by atoms with van der Waals surface area (Å²) in [7, 11) is 3.17. The van der Waals surface area contributed by atoms with E-state index in [1.807, 2.05) is 0 Å². The highest BCUT2D eigenvalue weighted by Crippen LogP contribution is 1.93. The number of aromatic nitrogens is 1. The van der Waals surface area contributed by atoms with Gasteiger partial charge in [0.05, 0.1) is 5.56 Å². The molecule has 0 aliphatic carbocycles. The van der Waals surface area contributed by atoms with Crippen LogP contribution in [0.1, 0.15) is 10.4 Å². The summed E-state index contributed by atoms with van der Waals surface area (Å²) < 4.78 is 4.89. The monoisotopic (exact) mass is 280 g/mol. The van der Waals surface area contributed by atoms with Gasteiger partial charge in [-0.3, -0.25) is 30.2 Å².